The van der Waals surface area contributed by atoms with E-state index in [9.17, 15) is 13.6 Å². The zero-order valence-corrected chi connectivity index (χ0v) is 15.8. The van der Waals surface area contributed by atoms with Crippen LogP contribution in [-0.2, 0) is 5.75 Å². The number of nitrogens with zero attached hydrogens (tertiary/aromatic N) is 1. The molecule has 0 saturated heterocycles. The first-order valence-corrected chi connectivity index (χ1v) is 10.2. The van der Waals surface area contributed by atoms with Crippen LogP contribution < -0.4 is 5.32 Å². The van der Waals surface area contributed by atoms with Gasteiger partial charge in [0.05, 0.1) is 12.6 Å². The van der Waals surface area contributed by atoms with E-state index >= 15 is 0 Å². The van der Waals surface area contributed by atoms with E-state index in [1.165, 1.54) is 12.1 Å². The molecule has 1 atom stereocenters. The lowest BCUT2D eigenvalue weighted by Crippen LogP contribution is -2.28. The number of benzene rings is 2. The average Bonchev–Trinajstić information content (AvgIpc) is 3.13. The lowest BCUT2D eigenvalue weighted by molar-refractivity contribution is 0.0938. The highest BCUT2D eigenvalue weighted by atomic mass is 32.2. The second-order valence-corrected chi connectivity index (χ2v) is 8.11. The monoisotopic (exact) mass is 392 g/mol. The fourth-order valence-corrected chi connectivity index (χ4v) is 4.63. The summed E-state index contributed by atoms with van der Waals surface area (Å²) in [6.45, 7) is 2.52. The van der Waals surface area contributed by atoms with Crippen LogP contribution in [0.2, 0.25) is 0 Å². The van der Waals surface area contributed by atoms with Gasteiger partial charge in [-0.05, 0) is 24.6 Å². The number of hydrogen-bond acceptors (Lipinski definition) is 4. The van der Waals surface area contributed by atoms with Gasteiger partial charge in [0, 0.05) is 28.7 Å². The van der Waals surface area contributed by atoms with Gasteiger partial charge in [-0.1, -0.05) is 47.8 Å². The van der Waals surface area contributed by atoms with Crippen LogP contribution in [-0.4, -0.2) is 22.6 Å². The van der Waals surface area contributed by atoms with Crippen LogP contribution >= 0.6 is 23.5 Å². The highest BCUT2D eigenvalue weighted by molar-refractivity contribution is 8.38. The van der Waals surface area contributed by atoms with E-state index in [0.717, 1.165) is 28.3 Å². The molecule has 1 unspecified atom stereocenters. The maximum atomic E-state index is 13.9. The molecule has 1 amide bonds. The molecule has 3 rings (SSSR count). The number of nitrogens with one attached hydrogen (secondary N) is 1. The molecule has 26 heavy (non-hydrogen) atoms. The molecule has 0 saturated carbocycles. The lowest BCUT2D eigenvalue weighted by Gasteiger charge is -2.16. The molecule has 0 aromatic heterocycles. The van der Waals surface area contributed by atoms with Gasteiger partial charge in [-0.2, -0.15) is 0 Å². The average molecular weight is 392 g/mol. The van der Waals surface area contributed by atoms with Crippen LogP contribution in [0.4, 0.5) is 8.78 Å². The maximum Gasteiger partial charge on any atom is 0.252 e. The summed E-state index contributed by atoms with van der Waals surface area (Å²) in [6.07, 6.45) is 0. The largest absolute Gasteiger partial charge is 0.345 e. The third-order valence-electron chi connectivity index (χ3n) is 3.95. The summed E-state index contributed by atoms with van der Waals surface area (Å²) in [6, 6.07) is 10.1. The van der Waals surface area contributed by atoms with Gasteiger partial charge in [-0.15, -0.1) is 0 Å². The summed E-state index contributed by atoms with van der Waals surface area (Å²) in [5.41, 5.74) is 1.71. The van der Waals surface area contributed by atoms with Crippen molar-refractivity contribution >= 4 is 33.8 Å². The van der Waals surface area contributed by atoms with E-state index in [1.807, 2.05) is 12.1 Å². The summed E-state index contributed by atoms with van der Waals surface area (Å²) in [4.78, 5) is 17.1. The first-order chi connectivity index (χ1) is 12.5. The molecule has 0 fully saturated rings. The van der Waals surface area contributed by atoms with Gasteiger partial charge in [-0.3, -0.25) is 9.79 Å². The molecule has 1 heterocycles. The van der Waals surface area contributed by atoms with Crippen molar-refractivity contribution in [2.75, 3.05) is 12.3 Å². The Morgan fingerprint density at radius 1 is 1.31 bits per heavy atom. The fraction of sp³-hybridized carbons (Fsp3) is 0.263. The molecule has 2 aromatic rings. The van der Waals surface area contributed by atoms with E-state index in [0.29, 0.717) is 11.3 Å². The number of thioether (sulfide) groups is 2. The van der Waals surface area contributed by atoms with Crippen LogP contribution in [0.3, 0.4) is 0 Å². The van der Waals surface area contributed by atoms with Crippen LogP contribution in [0.5, 0.6) is 0 Å². The van der Waals surface area contributed by atoms with Gasteiger partial charge in [0.15, 0.2) is 0 Å². The molecule has 0 radical (unpaired) electrons. The lowest BCUT2D eigenvalue weighted by atomic mass is 10.1. The summed E-state index contributed by atoms with van der Waals surface area (Å²) in [7, 11) is 0. The van der Waals surface area contributed by atoms with E-state index < -0.39 is 17.7 Å². The van der Waals surface area contributed by atoms with E-state index in [-0.39, 0.29) is 11.5 Å². The SMILES string of the molecule is CC(NC(=O)c1ccccc1CSC1=NCCS1)c1ccc(F)cc1F. The Hall–Kier alpha value is -1.86. The molecule has 0 aliphatic carbocycles. The van der Waals surface area contributed by atoms with Crippen molar-refractivity contribution in [1.82, 2.24) is 5.32 Å². The maximum absolute atomic E-state index is 13.9. The van der Waals surface area contributed by atoms with Crippen molar-refractivity contribution in [1.29, 1.82) is 0 Å². The van der Waals surface area contributed by atoms with E-state index in [4.69, 9.17) is 0 Å². The standard InChI is InChI=1S/C19H18F2N2OS2/c1-12(15-7-6-14(20)10-17(15)21)23-18(24)16-5-3-2-4-13(16)11-26-19-22-8-9-25-19/h2-7,10,12H,8-9,11H2,1H3,(H,23,24). The molecular formula is C19H18F2N2OS2. The zero-order chi connectivity index (χ0) is 18.5. The molecule has 7 heteroatoms. The predicted octanol–water partition coefficient (Wildman–Crippen LogP) is 4.79. The van der Waals surface area contributed by atoms with Gasteiger partial charge in [0.25, 0.3) is 5.91 Å². The van der Waals surface area contributed by atoms with Crippen molar-refractivity contribution in [2.45, 2.75) is 18.7 Å². The third-order valence-corrected chi connectivity index (χ3v) is 6.25. The van der Waals surface area contributed by atoms with Crippen molar-refractivity contribution in [3.05, 3.63) is 70.8 Å². The first-order valence-electron chi connectivity index (χ1n) is 8.18. The van der Waals surface area contributed by atoms with Crippen molar-refractivity contribution in [3.8, 4) is 0 Å². The predicted molar refractivity (Wildman–Crippen MR) is 105 cm³/mol. The Kier molecular flexibility index (Phi) is 6.32. The van der Waals surface area contributed by atoms with Crippen LogP contribution in [0.25, 0.3) is 0 Å². The van der Waals surface area contributed by atoms with Crippen LogP contribution in [0, 0.1) is 11.6 Å². The second-order valence-electron chi connectivity index (χ2n) is 5.80. The van der Waals surface area contributed by atoms with Crippen LogP contribution in [0.15, 0.2) is 47.5 Å². The van der Waals surface area contributed by atoms with Gasteiger partial charge in [0.1, 0.15) is 16.0 Å². The number of carbonyl (C=O) groups is 1. The molecule has 1 aliphatic rings. The summed E-state index contributed by atoms with van der Waals surface area (Å²) in [5.74, 6) is 0.0659. The number of carbonyl (C=O) groups excluding carboxylic acids is 1. The van der Waals surface area contributed by atoms with Crippen molar-refractivity contribution < 1.29 is 13.6 Å². The second kappa shape index (κ2) is 8.68. The first kappa shape index (κ1) is 18.9. The Morgan fingerprint density at radius 3 is 2.85 bits per heavy atom. The molecule has 1 N–H and O–H groups in total. The Morgan fingerprint density at radius 2 is 2.12 bits per heavy atom. The topological polar surface area (TPSA) is 41.5 Å². The summed E-state index contributed by atoms with van der Waals surface area (Å²) < 4.78 is 28.0. The highest BCUT2D eigenvalue weighted by Crippen LogP contribution is 2.27. The number of aliphatic imine (C=N–C) groups is 1. The molecule has 0 bridgehead atoms. The third kappa shape index (κ3) is 4.65. The van der Waals surface area contributed by atoms with E-state index in [2.05, 4.69) is 10.3 Å². The van der Waals surface area contributed by atoms with Gasteiger partial charge < -0.3 is 5.32 Å². The fourth-order valence-electron chi connectivity index (χ4n) is 2.61. The quantitative estimate of drug-likeness (QED) is 0.795. The molecule has 0 spiro atoms. The highest BCUT2D eigenvalue weighted by Gasteiger charge is 2.18. The molecule has 136 valence electrons. The summed E-state index contributed by atoms with van der Waals surface area (Å²) >= 11 is 3.35. The minimum atomic E-state index is -0.669. The number of rotatable bonds is 5. The van der Waals surface area contributed by atoms with Crippen molar-refractivity contribution in [3.63, 3.8) is 0 Å². The molecule has 1 aliphatic heterocycles. The zero-order valence-electron chi connectivity index (χ0n) is 14.2. The Bertz CT molecular complexity index is 842. The molecular weight excluding hydrogens is 374 g/mol. The summed E-state index contributed by atoms with van der Waals surface area (Å²) in [5, 5.41) is 2.80. The Balaban J connectivity index is 1.70. The number of halogens is 2. The number of amides is 1. The van der Waals surface area contributed by atoms with Crippen molar-refractivity contribution in [2.24, 2.45) is 4.99 Å². The van der Waals surface area contributed by atoms with Gasteiger partial charge >= 0.3 is 0 Å². The van der Waals surface area contributed by atoms with Gasteiger partial charge in [0.2, 0.25) is 0 Å². The molecule has 3 nitrogen and oxygen atoms in total. The Labute approximate surface area is 159 Å². The van der Waals surface area contributed by atoms with E-state index in [1.54, 1.807) is 42.6 Å². The normalized spacial score (nSPS) is 14.8. The minimum absolute atomic E-state index is 0.253. The minimum Gasteiger partial charge on any atom is -0.345 e. The molecule has 2 aromatic carbocycles. The van der Waals surface area contributed by atoms with Gasteiger partial charge in [-0.25, -0.2) is 8.78 Å². The van der Waals surface area contributed by atoms with Crippen LogP contribution in [0.1, 0.15) is 34.5 Å². The smallest absolute Gasteiger partial charge is 0.252 e. The number of hydrogen-bond donors (Lipinski definition) is 1.